The van der Waals surface area contributed by atoms with E-state index in [0.29, 0.717) is 24.3 Å². The van der Waals surface area contributed by atoms with Crippen molar-refractivity contribution < 1.29 is 24.2 Å². The van der Waals surface area contributed by atoms with E-state index in [9.17, 15) is 14.4 Å². The summed E-state index contributed by atoms with van der Waals surface area (Å²) in [6, 6.07) is 15.3. The molecule has 0 aromatic heterocycles. The van der Waals surface area contributed by atoms with E-state index < -0.39 is 23.8 Å². The Labute approximate surface area is 170 Å². The summed E-state index contributed by atoms with van der Waals surface area (Å²) in [5, 5.41) is 14.1. The van der Waals surface area contributed by atoms with Gasteiger partial charge in [-0.05, 0) is 42.2 Å². The lowest BCUT2D eigenvalue weighted by Gasteiger charge is -2.16. The van der Waals surface area contributed by atoms with Gasteiger partial charge in [-0.15, -0.1) is 0 Å². The summed E-state index contributed by atoms with van der Waals surface area (Å²) < 4.78 is 5.67. The minimum absolute atomic E-state index is 0.119. The predicted molar refractivity (Wildman–Crippen MR) is 109 cm³/mol. The zero-order valence-corrected chi connectivity index (χ0v) is 16.6. The van der Waals surface area contributed by atoms with E-state index in [4.69, 9.17) is 9.84 Å². The molecule has 2 amide bonds. The van der Waals surface area contributed by atoms with Crippen LogP contribution in [-0.2, 0) is 16.2 Å². The monoisotopic (exact) mass is 398 g/mol. The largest absolute Gasteiger partial charge is 0.489 e. The fourth-order valence-corrected chi connectivity index (χ4v) is 2.64. The van der Waals surface area contributed by atoms with Crippen molar-refractivity contribution in [3.8, 4) is 5.75 Å². The normalized spacial score (nSPS) is 11.6. The highest BCUT2D eigenvalue weighted by atomic mass is 16.5. The van der Waals surface area contributed by atoms with E-state index in [1.165, 1.54) is 0 Å². The van der Waals surface area contributed by atoms with Crippen molar-refractivity contribution in [2.75, 3.05) is 6.54 Å². The Morgan fingerprint density at radius 2 is 1.66 bits per heavy atom. The highest BCUT2D eigenvalue weighted by Crippen LogP contribution is 2.14. The number of carbonyl (C=O) groups is 3. The third-order valence-electron chi connectivity index (χ3n) is 4.11. The average Bonchev–Trinajstić information content (AvgIpc) is 2.70. The summed E-state index contributed by atoms with van der Waals surface area (Å²) in [7, 11) is 0. The van der Waals surface area contributed by atoms with E-state index in [2.05, 4.69) is 10.6 Å². The molecule has 154 valence electrons. The van der Waals surface area contributed by atoms with Gasteiger partial charge in [0.15, 0.2) is 0 Å². The summed E-state index contributed by atoms with van der Waals surface area (Å²) in [4.78, 5) is 35.3. The van der Waals surface area contributed by atoms with Gasteiger partial charge in [-0.2, -0.15) is 0 Å². The molecule has 2 aromatic carbocycles. The number of benzene rings is 2. The molecule has 0 radical (unpaired) electrons. The maximum absolute atomic E-state index is 12.2. The molecule has 2 aromatic rings. The zero-order valence-electron chi connectivity index (χ0n) is 16.6. The molecule has 7 nitrogen and oxygen atoms in total. The number of nitrogens with one attached hydrogen (secondary N) is 2. The van der Waals surface area contributed by atoms with Crippen LogP contribution in [0.25, 0.3) is 0 Å². The van der Waals surface area contributed by atoms with E-state index in [-0.39, 0.29) is 12.5 Å². The molecule has 0 bridgehead atoms. The number of carboxylic acid groups (broad SMARTS) is 1. The molecule has 0 heterocycles. The van der Waals surface area contributed by atoms with Gasteiger partial charge in [-0.3, -0.25) is 9.59 Å². The lowest BCUT2D eigenvalue weighted by atomic mass is 10.0. The average molecular weight is 398 g/mol. The number of amides is 2. The number of hydrogen-bond acceptors (Lipinski definition) is 4. The van der Waals surface area contributed by atoms with E-state index >= 15 is 0 Å². The summed E-state index contributed by atoms with van der Waals surface area (Å²) in [5.41, 5.74) is 1.42. The molecular weight excluding hydrogens is 372 g/mol. The fourth-order valence-electron chi connectivity index (χ4n) is 2.64. The van der Waals surface area contributed by atoms with Crippen molar-refractivity contribution in [3.63, 3.8) is 0 Å². The van der Waals surface area contributed by atoms with Gasteiger partial charge < -0.3 is 20.5 Å². The summed E-state index contributed by atoms with van der Waals surface area (Å²) >= 11 is 0. The Bertz CT molecular complexity index is 819. The molecule has 0 spiro atoms. The van der Waals surface area contributed by atoms with Crippen molar-refractivity contribution >= 4 is 17.8 Å². The first kappa shape index (κ1) is 21.9. The van der Waals surface area contributed by atoms with Crippen molar-refractivity contribution in [2.24, 2.45) is 5.92 Å². The van der Waals surface area contributed by atoms with Gasteiger partial charge in [-0.25, -0.2) is 4.79 Å². The van der Waals surface area contributed by atoms with Crippen molar-refractivity contribution in [1.82, 2.24) is 10.6 Å². The van der Waals surface area contributed by atoms with Gasteiger partial charge in [0.2, 0.25) is 5.91 Å². The fraction of sp³-hybridized carbons (Fsp3) is 0.318. The number of carbonyl (C=O) groups excluding carboxylic acids is 2. The Kier molecular flexibility index (Phi) is 8.21. The first-order valence-electron chi connectivity index (χ1n) is 9.42. The predicted octanol–water partition coefficient (Wildman–Crippen LogP) is 2.61. The summed E-state index contributed by atoms with van der Waals surface area (Å²) in [6.45, 7) is 3.87. The number of ether oxygens (including phenoxy) is 1. The lowest BCUT2D eigenvalue weighted by molar-refractivity contribution is -0.142. The van der Waals surface area contributed by atoms with Crippen LogP contribution in [0.15, 0.2) is 54.6 Å². The molecule has 0 saturated heterocycles. The number of aliphatic carboxylic acids is 1. The molecular formula is C22H26N2O5. The number of rotatable bonds is 10. The smallest absolute Gasteiger partial charge is 0.326 e. The van der Waals surface area contributed by atoms with Gasteiger partial charge in [0.25, 0.3) is 5.91 Å². The van der Waals surface area contributed by atoms with E-state index in [1.807, 2.05) is 44.2 Å². The number of carboxylic acids is 1. The zero-order chi connectivity index (χ0) is 21.2. The Balaban J connectivity index is 1.81. The summed E-state index contributed by atoms with van der Waals surface area (Å²) in [5.74, 6) is -1.32. The molecule has 1 atom stereocenters. The highest BCUT2D eigenvalue weighted by molar-refractivity contribution is 5.96. The van der Waals surface area contributed by atoms with Crippen LogP contribution in [0.1, 0.15) is 36.2 Å². The van der Waals surface area contributed by atoms with Gasteiger partial charge in [0.05, 0.1) is 6.54 Å². The summed E-state index contributed by atoms with van der Waals surface area (Å²) in [6.07, 6.45) is 0.319. The van der Waals surface area contributed by atoms with Gasteiger partial charge in [-0.1, -0.05) is 44.2 Å². The SMILES string of the molecule is CC(C)C[C@H](NC(=O)CNC(=O)c1ccc(OCc2ccccc2)cc1)C(=O)O. The molecule has 7 heteroatoms. The lowest BCUT2D eigenvalue weighted by Crippen LogP contribution is -2.46. The first-order valence-corrected chi connectivity index (χ1v) is 9.42. The quantitative estimate of drug-likeness (QED) is 0.571. The molecule has 0 fully saturated rings. The first-order chi connectivity index (χ1) is 13.8. The number of hydrogen-bond donors (Lipinski definition) is 3. The van der Waals surface area contributed by atoms with Crippen molar-refractivity contribution in [2.45, 2.75) is 32.9 Å². The molecule has 2 rings (SSSR count). The molecule has 0 saturated carbocycles. The van der Waals surface area contributed by atoms with Gasteiger partial charge in [0.1, 0.15) is 18.4 Å². The van der Waals surface area contributed by atoms with Crippen LogP contribution in [0.4, 0.5) is 0 Å². The Morgan fingerprint density at radius 3 is 2.24 bits per heavy atom. The second-order valence-corrected chi connectivity index (χ2v) is 7.07. The molecule has 29 heavy (non-hydrogen) atoms. The van der Waals surface area contributed by atoms with Gasteiger partial charge in [0, 0.05) is 5.56 Å². The minimum Gasteiger partial charge on any atom is -0.489 e. The van der Waals surface area contributed by atoms with Crippen LogP contribution in [0.5, 0.6) is 5.75 Å². The van der Waals surface area contributed by atoms with Crippen LogP contribution in [0.2, 0.25) is 0 Å². The standard InChI is InChI=1S/C22H26N2O5/c1-15(2)12-19(22(27)28)24-20(25)13-23-21(26)17-8-10-18(11-9-17)29-14-16-6-4-3-5-7-16/h3-11,15,19H,12-14H2,1-2H3,(H,23,26)(H,24,25)(H,27,28)/t19-/m0/s1. The highest BCUT2D eigenvalue weighted by Gasteiger charge is 2.21. The second kappa shape index (κ2) is 10.8. The molecule has 0 aliphatic carbocycles. The van der Waals surface area contributed by atoms with Crippen LogP contribution in [0.3, 0.4) is 0 Å². The molecule has 0 unspecified atom stereocenters. The second-order valence-electron chi connectivity index (χ2n) is 7.07. The maximum Gasteiger partial charge on any atom is 0.326 e. The van der Waals surface area contributed by atoms with E-state index in [1.54, 1.807) is 24.3 Å². The molecule has 3 N–H and O–H groups in total. The molecule has 0 aliphatic heterocycles. The van der Waals surface area contributed by atoms with Crippen LogP contribution in [-0.4, -0.2) is 35.5 Å². The van der Waals surface area contributed by atoms with Crippen molar-refractivity contribution in [1.29, 1.82) is 0 Å². The van der Waals surface area contributed by atoms with Crippen molar-refractivity contribution in [3.05, 3.63) is 65.7 Å². The van der Waals surface area contributed by atoms with Crippen LogP contribution < -0.4 is 15.4 Å². The Hall–Kier alpha value is -3.35. The third-order valence-corrected chi connectivity index (χ3v) is 4.11. The van der Waals surface area contributed by atoms with E-state index in [0.717, 1.165) is 5.56 Å². The maximum atomic E-state index is 12.2. The third kappa shape index (κ3) is 7.65. The molecule has 0 aliphatic rings. The van der Waals surface area contributed by atoms with Crippen LogP contribution >= 0.6 is 0 Å². The topological polar surface area (TPSA) is 105 Å². The van der Waals surface area contributed by atoms with Crippen LogP contribution in [0, 0.1) is 5.92 Å². The van der Waals surface area contributed by atoms with Gasteiger partial charge >= 0.3 is 5.97 Å². The minimum atomic E-state index is -1.09. The Morgan fingerprint density at radius 1 is 1.00 bits per heavy atom.